The minimum Gasteiger partial charge on any atom is -0.490 e. The molecule has 0 radical (unpaired) electrons. The molecule has 1 aliphatic heterocycles. The van der Waals surface area contributed by atoms with Gasteiger partial charge in [0.25, 0.3) is 5.91 Å². The highest BCUT2D eigenvalue weighted by Gasteiger charge is 2.41. The number of ether oxygens (including phenoxy) is 2. The van der Waals surface area contributed by atoms with E-state index in [0.29, 0.717) is 35.9 Å². The number of anilines is 1. The molecule has 2 rings (SSSR count). The summed E-state index contributed by atoms with van der Waals surface area (Å²) in [6.45, 7) is 8.16. The predicted octanol–water partition coefficient (Wildman–Crippen LogP) is 2.42. The molecule has 0 bridgehead atoms. The first-order chi connectivity index (χ1) is 9.44. The van der Waals surface area contributed by atoms with Gasteiger partial charge in [0.2, 0.25) is 0 Å². The second-order valence-electron chi connectivity index (χ2n) is 5.08. The zero-order chi connectivity index (χ0) is 14.9. The zero-order valence-electron chi connectivity index (χ0n) is 12.2. The van der Waals surface area contributed by atoms with Crippen LogP contribution in [-0.4, -0.2) is 30.9 Å². The van der Waals surface area contributed by atoms with Gasteiger partial charge in [0.15, 0.2) is 17.1 Å². The van der Waals surface area contributed by atoms with Crippen molar-refractivity contribution in [3.8, 4) is 11.5 Å². The highest BCUT2D eigenvalue weighted by molar-refractivity contribution is 6.03. The Bertz CT molecular complexity index is 551. The average molecular weight is 277 g/mol. The van der Waals surface area contributed by atoms with Gasteiger partial charge in [0.05, 0.1) is 12.3 Å². The number of benzene rings is 1. The molecule has 0 unspecified atom stereocenters. The minimum atomic E-state index is -0.947. The quantitative estimate of drug-likeness (QED) is 0.793. The Balaban J connectivity index is 2.65. The summed E-state index contributed by atoms with van der Waals surface area (Å²) in [7, 11) is 0. The molecule has 0 saturated carbocycles. The fourth-order valence-electron chi connectivity index (χ4n) is 2.29. The predicted molar refractivity (Wildman–Crippen MR) is 75.7 cm³/mol. The second-order valence-corrected chi connectivity index (χ2v) is 5.08. The molecule has 0 spiro atoms. The van der Waals surface area contributed by atoms with E-state index in [0.717, 1.165) is 6.29 Å². The van der Waals surface area contributed by atoms with Crippen LogP contribution in [0.5, 0.6) is 11.5 Å². The maximum absolute atomic E-state index is 12.4. The molecule has 0 saturated heterocycles. The molecule has 0 atom stereocenters. The van der Waals surface area contributed by atoms with Crippen LogP contribution in [0, 0.1) is 0 Å². The van der Waals surface area contributed by atoms with Crippen molar-refractivity contribution in [3.05, 3.63) is 17.7 Å². The Morgan fingerprint density at radius 3 is 2.60 bits per heavy atom. The van der Waals surface area contributed by atoms with Crippen molar-refractivity contribution in [1.82, 2.24) is 0 Å². The Morgan fingerprint density at radius 2 is 2.05 bits per heavy atom. The van der Waals surface area contributed by atoms with Gasteiger partial charge in [0, 0.05) is 12.1 Å². The van der Waals surface area contributed by atoms with Crippen LogP contribution in [0.4, 0.5) is 5.69 Å². The van der Waals surface area contributed by atoms with E-state index >= 15 is 0 Å². The number of fused-ring (bicyclic) bond motifs is 1. The number of carbonyl (C=O) groups is 2. The summed E-state index contributed by atoms with van der Waals surface area (Å²) < 4.78 is 11.4. The van der Waals surface area contributed by atoms with Gasteiger partial charge in [-0.1, -0.05) is 0 Å². The van der Waals surface area contributed by atoms with Crippen molar-refractivity contribution >= 4 is 17.9 Å². The molecule has 1 aromatic rings. The Labute approximate surface area is 118 Å². The molecule has 5 nitrogen and oxygen atoms in total. The maximum atomic E-state index is 12.4. The molecule has 0 N–H and O–H groups in total. The van der Waals surface area contributed by atoms with Gasteiger partial charge < -0.3 is 14.4 Å². The summed E-state index contributed by atoms with van der Waals surface area (Å²) in [5.41, 5.74) is 0.101. The van der Waals surface area contributed by atoms with E-state index in [4.69, 9.17) is 9.47 Å². The fraction of sp³-hybridized carbons (Fsp3) is 0.467. The SMILES string of the molecule is CCOc1cc(C=O)cc2c1OC(C)(C)C(=O)N2CC. The topological polar surface area (TPSA) is 55.8 Å². The lowest BCUT2D eigenvalue weighted by molar-refractivity contribution is -0.132. The standard InChI is InChI=1S/C15H19NO4/c1-5-16-11-7-10(9-17)8-12(19-6-2)13(11)20-15(3,4)14(16)18/h7-9H,5-6H2,1-4H3. The molecule has 1 aliphatic rings. The molecule has 20 heavy (non-hydrogen) atoms. The van der Waals surface area contributed by atoms with Crippen LogP contribution in [0.2, 0.25) is 0 Å². The highest BCUT2D eigenvalue weighted by atomic mass is 16.5. The molecular formula is C15H19NO4. The smallest absolute Gasteiger partial charge is 0.270 e. The van der Waals surface area contributed by atoms with E-state index < -0.39 is 5.60 Å². The van der Waals surface area contributed by atoms with Crippen molar-refractivity contribution in [1.29, 1.82) is 0 Å². The lowest BCUT2D eigenvalue weighted by Crippen LogP contribution is -2.52. The number of hydrogen-bond donors (Lipinski definition) is 0. The summed E-state index contributed by atoms with van der Waals surface area (Å²) >= 11 is 0. The first-order valence-corrected chi connectivity index (χ1v) is 6.71. The molecule has 1 aromatic carbocycles. The van der Waals surface area contributed by atoms with Crippen LogP contribution in [-0.2, 0) is 4.79 Å². The number of hydrogen-bond acceptors (Lipinski definition) is 4. The third kappa shape index (κ3) is 2.24. The van der Waals surface area contributed by atoms with Crippen molar-refractivity contribution < 1.29 is 19.1 Å². The van der Waals surface area contributed by atoms with Gasteiger partial charge in [-0.05, 0) is 39.8 Å². The van der Waals surface area contributed by atoms with E-state index in [1.54, 1.807) is 30.9 Å². The normalized spacial score (nSPS) is 16.4. The molecular weight excluding hydrogens is 258 g/mol. The Morgan fingerprint density at radius 1 is 1.35 bits per heavy atom. The monoisotopic (exact) mass is 277 g/mol. The van der Waals surface area contributed by atoms with E-state index in [9.17, 15) is 9.59 Å². The zero-order valence-corrected chi connectivity index (χ0v) is 12.2. The Hall–Kier alpha value is -2.04. The molecule has 1 heterocycles. The van der Waals surface area contributed by atoms with Gasteiger partial charge in [-0.3, -0.25) is 9.59 Å². The summed E-state index contributed by atoms with van der Waals surface area (Å²) in [5, 5.41) is 0. The van der Waals surface area contributed by atoms with Gasteiger partial charge in [-0.25, -0.2) is 0 Å². The summed E-state index contributed by atoms with van der Waals surface area (Å²) in [6, 6.07) is 3.29. The van der Waals surface area contributed by atoms with Crippen LogP contribution in [0.1, 0.15) is 38.1 Å². The van der Waals surface area contributed by atoms with E-state index in [1.807, 2.05) is 13.8 Å². The molecule has 0 aromatic heterocycles. The largest absolute Gasteiger partial charge is 0.490 e. The number of carbonyl (C=O) groups excluding carboxylic acids is 2. The van der Waals surface area contributed by atoms with Crippen molar-refractivity contribution in [2.75, 3.05) is 18.1 Å². The number of amides is 1. The number of nitrogens with zero attached hydrogens (tertiary/aromatic N) is 1. The second kappa shape index (κ2) is 5.15. The molecule has 0 aliphatic carbocycles. The van der Waals surface area contributed by atoms with E-state index in [1.165, 1.54) is 0 Å². The van der Waals surface area contributed by atoms with Crippen molar-refractivity contribution in [2.45, 2.75) is 33.3 Å². The third-order valence-corrected chi connectivity index (χ3v) is 3.22. The number of likely N-dealkylation sites (N-methyl/N-ethyl adjacent to an activating group) is 1. The lowest BCUT2D eigenvalue weighted by atomic mass is 10.0. The number of aldehydes is 1. The van der Waals surface area contributed by atoms with Crippen molar-refractivity contribution in [3.63, 3.8) is 0 Å². The summed E-state index contributed by atoms with van der Waals surface area (Å²) in [6.07, 6.45) is 0.737. The van der Waals surface area contributed by atoms with Gasteiger partial charge in [-0.2, -0.15) is 0 Å². The molecule has 0 fully saturated rings. The first kappa shape index (κ1) is 14.4. The fourth-order valence-corrected chi connectivity index (χ4v) is 2.29. The minimum absolute atomic E-state index is 0.127. The first-order valence-electron chi connectivity index (χ1n) is 6.71. The van der Waals surface area contributed by atoms with Crippen LogP contribution in [0.15, 0.2) is 12.1 Å². The van der Waals surface area contributed by atoms with Crippen LogP contribution in [0.25, 0.3) is 0 Å². The summed E-state index contributed by atoms with van der Waals surface area (Å²) in [5.74, 6) is 0.882. The van der Waals surface area contributed by atoms with Crippen LogP contribution >= 0.6 is 0 Å². The molecule has 1 amide bonds. The van der Waals surface area contributed by atoms with Crippen LogP contribution < -0.4 is 14.4 Å². The Kier molecular flexibility index (Phi) is 3.70. The molecule has 5 heteroatoms. The van der Waals surface area contributed by atoms with Crippen LogP contribution in [0.3, 0.4) is 0 Å². The maximum Gasteiger partial charge on any atom is 0.270 e. The van der Waals surface area contributed by atoms with Gasteiger partial charge in [0.1, 0.15) is 6.29 Å². The summed E-state index contributed by atoms with van der Waals surface area (Å²) in [4.78, 5) is 25.1. The molecule has 108 valence electrons. The highest BCUT2D eigenvalue weighted by Crippen LogP contribution is 2.45. The van der Waals surface area contributed by atoms with Gasteiger partial charge in [-0.15, -0.1) is 0 Å². The third-order valence-electron chi connectivity index (χ3n) is 3.22. The van der Waals surface area contributed by atoms with E-state index in [2.05, 4.69) is 0 Å². The van der Waals surface area contributed by atoms with Crippen molar-refractivity contribution in [2.24, 2.45) is 0 Å². The number of rotatable bonds is 4. The van der Waals surface area contributed by atoms with Gasteiger partial charge >= 0.3 is 0 Å². The lowest BCUT2D eigenvalue weighted by Gasteiger charge is -2.39. The van der Waals surface area contributed by atoms with E-state index in [-0.39, 0.29) is 5.91 Å². The average Bonchev–Trinajstić information content (AvgIpc) is 2.41.